The van der Waals surface area contributed by atoms with Crippen molar-refractivity contribution in [3.8, 4) is 0 Å². The van der Waals surface area contributed by atoms with E-state index < -0.39 is 33.4 Å². The summed E-state index contributed by atoms with van der Waals surface area (Å²) in [6.07, 6.45) is -1.10. The van der Waals surface area contributed by atoms with Gasteiger partial charge in [0.1, 0.15) is 12.6 Å². The number of hydrogen-bond donors (Lipinski definition) is 5. The second-order valence-corrected chi connectivity index (χ2v) is 8.05. The maximum atomic E-state index is 10.9. The lowest BCUT2D eigenvalue weighted by Crippen LogP contribution is -2.35. The number of nitrogens with zero attached hydrogens (tertiary/aromatic N) is 1. The fourth-order valence-electron chi connectivity index (χ4n) is 1.43. The minimum atomic E-state index is -4.39. The van der Waals surface area contributed by atoms with Crippen LogP contribution in [0.2, 0.25) is 0 Å². The summed E-state index contributed by atoms with van der Waals surface area (Å²) in [5, 5.41) is 0. The van der Waals surface area contributed by atoms with Gasteiger partial charge in [-0.3, -0.25) is 14.0 Å². The van der Waals surface area contributed by atoms with Crippen LogP contribution >= 0.6 is 15.2 Å². The topological polar surface area (TPSA) is 154 Å². The Balaban J connectivity index is 4.60. The largest absolute Gasteiger partial charge is 0.361 e. The van der Waals surface area contributed by atoms with Gasteiger partial charge in [-0.2, -0.15) is 0 Å². The summed E-state index contributed by atoms with van der Waals surface area (Å²) in [6, 6.07) is 0. The Bertz CT molecular complexity index is 340. The van der Waals surface area contributed by atoms with Gasteiger partial charge in [0.25, 0.3) is 0 Å². The van der Waals surface area contributed by atoms with E-state index in [-0.39, 0.29) is 13.3 Å². The zero-order valence-electron chi connectivity index (χ0n) is 11.0. The number of nitrogens with two attached hydrogens (primary N) is 1. The summed E-state index contributed by atoms with van der Waals surface area (Å²) in [5.74, 6) is 0. The smallest absolute Gasteiger partial charge is 0.339 e. The number of rotatable bonds is 9. The molecule has 0 aliphatic rings. The van der Waals surface area contributed by atoms with E-state index in [1.807, 2.05) is 0 Å². The van der Waals surface area contributed by atoms with Gasteiger partial charge in [0.2, 0.25) is 0 Å². The van der Waals surface area contributed by atoms with Crippen LogP contribution in [0.1, 0.15) is 20.3 Å². The predicted molar refractivity (Wildman–Crippen MR) is 69.4 cm³/mol. The van der Waals surface area contributed by atoms with E-state index in [1.54, 1.807) is 13.8 Å². The Morgan fingerprint density at radius 1 is 1.11 bits per heavy atom. The zero-order valence-corrected chi connectivity index (χ0v) is 12.8. The van der Waals surface area contributed by atoms with Crippen LogP contribution in [-0.4, -0.2) is 55.9 Å². The molecule has 0 bridgehead atoms. The molecule has 0 unspecified atom stereocenters. The predicted octanol–water partition coefficient (Wildman–Crippen LogP) is -0.340. The quantitative estimate of drug-likeness (QED) is 0.283. The first-order valence-corrected chi connectivity index (χ1v) is 9.10. The maximum absolute atomic E-state index is 10.9. The summed E-state index contributed by atoms with van der Waals surface area (Å²) < 4.78 is 27.1. The van der Waals surface area contributed by atoms with Crippen LogP contribution in [0.25, 0.3) is 0 Å². The summed E-state index contributed by atoms with van der Waals surface area (Å²) >= 11 is 0. The van der Waals surface area contributed by atoms with Gasteiger partial charge >= 0.3 is 15.2 Å². The fraction of sp³-hybridized carbons (Fsp3) is 1.00. The third-order valence-corrected chi connectivity index (χ3v) is 3.81. The van der Waals surface area contributed by atoms with Crippen molar-refractivity contribution < 1.29 is 33.4 Å². The van der Waals surface area contributed by atoms with Crippen LogP contribution in [0.15, 0.2) is 0 Å². The van der Waals surface area contributed by atoms with E-state index in [0.29, 0.717) is 6.42 Å². The zero-order chi connectivity index (χ0) is 15.3. The Morgan fingerprint density at radius 2 is 1.53 bits per heavy atom. The highest BCUT2D eigenvalue weighted by atomic mass is 31.2. The Kier molecular flexibility index (Phi) is 7.33. The summed E-state index contributed by atoms with van der Waals surface area (Å²) in [6.45, 7) is 3.52. The molecule has 6 N–H and O–H groups in total. The van der Waals surface area contributed by atoms with Gasteiger partial charge in [-0.05, 0) is 20.3 Å². The third kappa shape index (κ3) is 11.7. The van der Waals surface area contributed by atoms with Crippen molar-refractivity contribution in [2.75, 3.05) is 25.8 Å². The average molecular weight is 320 g/mol. The molecule has 0 fully saturated rings. The molecule has 0 saturated carbocycles. The van der Waals surface area contributed by atoms with Crippen LogP contribution in [-0.2, 0) is 13.9 Å². The Labute approximate surface area is 112 Å². The van der Waals surface area contributed by atoms with Crippen molar-refractivity contribution in [2.45, 2.75) is 25.9 Å². The first kappa shape index (κ1) is 19.2. The van der Waals surface area contributed by atoms with E-state index in [4.69, 9.17) is 30.0 Å². The molecule has 0 amide bonds. The average Bonchev–Trinajstić information content (AvgIpc) is 2.09. The molecule has 0 heterocycles. The molecule has 116 valence electrons. The molecule has 0 aromatic carbocycles. The van der Waals surface area contributed by atoms with E-state index in [2.05, 4.69) is 0 Å². The van der Waals surface area contributed by atoms with Crippen molar-refractivity contribution in [3.05, 3.63) is 0 Å². The van der Waals surface area contributed by atoms with Gasteiger partial charge in [-0.15, -0.1) is 0 Å². The van der Waals surface area contributed by atoms with Crippen molar-refractivity contribution in [3.63, 3.8) is 0 Å². The van der Waals surface area contributed by atoms with E-state index in [0.717, 1.165) is 4.90 Å². The van der Waals surface area contributed by atoms with Gasteiger partial charge in [0, 0.05) is 6.54 Å². The summed E-state index contributed by atoms with van der Waals surface area (Å²) in [5.41, 5.74) is 4.60. The molecule has 0 rings (SSSR count). The molecule has 0 aliphatic heterocycles. The number of ether oxygens (including phenoxy) is 1. The summed E-state index contributed by atoms with van der Waals surface area (Å²) in [7, 11) is -8.78. The molecule has 0 aliphatic carbocycles. The van der Waals surface area contributed by atoms with Gasteiger partial charge in [0.05, 0.1) is 12.3 Å². The Morgan fingerprint density at radius 3 is 1.84 bits per heavy atom. The molecule has 0 atom stereocenters. The SMILES string of the molecule is CC(C)(CCN(CP(=O)(O)O)CP(=O)(O)O)OCN. The monoisotopic (exact) mass is 320 g/mol. The highest BCUT2D eigenvalue weighted by molar-refractivity contribution is 7.52. The minimum absolute atomic E-state index is 0.00993. The minimum Gasteiger partial charge on any atom is -0.361 e. The lowest BCUT2D eigenvalue weighted by molar-refractivity contribution is -0.0246. The van der Waals surface area contributed by atoms with Crippen LogP contribution in [0, 0.1) is 0 Å². The lowest BCUT2D eigenvalue weighted by atomic mass is 10.1. The van der Waals surface area contributed by atoms with Crippen molar-refractivity contribution >= 4 is 15.2 Å². The van der Waals surface area contributed by atoms with Crippen molar-refractivity contribution in [2.24, 2.45) is 5.73 Å². The standard InChI is InChI=1S/C8H22N2O7P2/c1-8(2,17-5-9)3-4-10(6-18(11,12)13)7-19(14,15)16/h3-7,9H2,1-2H3,(H2,11,12,13)(H2,14,15,16). The van der Waals surface area contributed by atoms with Gasteiger partial charge in [-0.25, -0.2) is 0 Å². The van der Waals surface area contributed by atoms with Crippen LogP contribution in [0.4, 0.5) is 0 Å². The first-order chi connectivity index (χ1) is 8.35. The van der Waals surface area contributed by atoms with Gasteiger partial charge < -0.3 is 30.0 Å². The molecule has 19 heavy (non-hydrogen) atoms. The Hall–Kier alpha value is 0.180. The van der Waals surface area contributed by atoms with E-state index >= 15 is 0 Å². The highest BCUT2D eigenvalue weighted by Gasteiger charge is 2.27. The molecular weight excluding hydrogens is 298 g/mol. The van der Waals surface area contributed by atoms with Crippen LogP contribution in [0.3, 0.4) is 0 Å². The summed E-state index contributed by atoms with van der Waals surface area (Å²) in [4.78, 5) is 36.6. The van der Waals surface area contributed by atoms with Crippen molar-refractivity contribution in [1.82, 2.24) is 4.90 Å². The van der Waals surface area contributed by atoms with E-state index in [1.165, 1.54) is 0 Å². The third-order valence-electron chi connectivity index (χ3n) is 2.27. The van der Waals surface area contributed by atoms with E-state index in [9.17, 15) is 9.13 Å². The normalized spacial score (nSPS) is 14.1. The fourth-order valence-corrected chi connectivity index (χ4v) is 3.12. The molecule has 0 saturated heterocycles. The van der Waals surface area contributed by atoms with Gasteiger partial charge in [-0.1, -0.05) is 0 Å². The maximum Gasteiger partial charge on any atom is 0.339 e. The van der Waals surface area contributed by atoms with Crippen molar-refractivity contribution in [1.29, 1.82) is 0 Å². The first-order valence-electron chi connectivity index (χ1n) is 5.50. The lowest BCUT2D eigenvalue weighted by Gasteiger charge is -2.29. The molecule has 0 aromatic rings. The molecular formula is C8H22N2O7P2. The molecule has 9 nitrogen and oxygen atoms in total. The molecule has 11 heteroatoms. The molecule has 0 aromatic heterocycles. The number of hydrogen-bond acceptors (Lipinski definition) is 5. The van der Waals surface area contributed by atoms with Crippen LogP contribution in [0.5, 0.6) is 0 Å². The second kappa shape index (κ2) is 7.26. The highest BCUT2D eigenvalue weighted by Crippen LogP contribution is 2.41. The molecule has 0 spiro atoms. The van der Waals surface area contributed by atoms with Crippen LogP contribution < -0.4 is 5.73 Å². The molecule has 0 radical (unpaired) electrons. The second-order valence-electron chi connectivity index (χ2n) is 4.83. The van der Waals surface area contributed by atoms with Gasteiger partial charge in [0.15, 0.2) is 0 Å².